The lowest BCUT2D eigenvalue weighted by Gasteiger charge is -2.14. The fourth-order valence-electron chi connectivity index (χ4n) is 4.38. The van der Waals surface area contributed by atoms with Crippen LogP contribution in [-0.2, 0) is 6.42 Å². The molecular weight excluding hydrogens is 532 g/mol. The Morgan fingerprint density at radius 2 is 1.98 bits per heavy atom. The highest BCUT2D eigenvalue weighted by molar-refractivity contribution is 6.04. The van der Waals surface area contributed by atoms with Crippen molar-refractivity contribution in [2.45, 2.75) is 19.3 Å². The maximum atomic E-state index is 15.0. The second-order valence-electron chi connectivity index (χ2n) is 9.17. The third-order valence-corrected chi connectivity index (χ3v) is 6.42. The van der Waals surface area contributed by atoms with Crippen molar-refractivity contribution < 1.29 is 28.2 Å². The van der Waals surface area contributed by atoms with Gasteiger partial charge in [0.2, 0.25) is 0 Å². The van der Waals surface area contributed by atoms with Crippen molar-refractivity contribution in [2.75, 3.05) is 12.4 Å². The minimum absolute atomic E-state index is 0.0472. The van der Waals surface area contributed by atoms with E-state index in [0.29, 0.717) is 35.5 Å². The summed E-state index contributed by atoms with van der Waals surface area (Å²) >= 11 is 0. The van der Waals surface area contributed by atoms with Gasteiger partial charge in [-0.25, -0.2) is 8.78 Å². The molecular formula is C31H25F2N3O5. The summed E-state index contributed by atoms with van der Waals surface area (Å²) in [5, 5.41) is 12.6. The smallest absolute Gasteiger partial charge is 0.267 e. The Morgan fingerprint density at radius 3 is 2.78 bits per heavy atom. The number of ether oxygens (including phenoxy) is 2. The van der Waals surface area contributed by atoms with E-state index in [2.05, 4.69) is 10.3 Å². The standard InChI is InChI=1S/C31H25F2N3O5/c1-40-29-16-19-15-23(12-13-34-26(19)18-27(29)37)41-28-11-10-21(17-25(28)33)35-30(38)24-9-4-14-36(31(24)39)22-7-2-5-20(32)6-3-8-22/h2,4-6,8-14,16-18,37H,3,7,15H2,1H3,(H,35,38)/b5-2-,20-6?,22-8+. The molecule has 2 heterocycles. The van der Waals surface area contributed by atoms with Gasteiger partial charge in [-0.1, -0.05) is 12.2 Å². The number of phenolic OH excluding ortho intramolecular Hbond substituents is 1. The van der Waals surface area contributed by atoms with Crippen LogP contribution in [0.3, 0.4) is 0 Å². The van der Waals surface area contributed by atoms with Gasteiger partial charge in [-0.3, -0.25) is 19.1 Å². The van der Waals surface area contributed by atoms with Gasteiger partial charge in [0.25, 0.3) is 11.5 Å². The summed E-state index contributed by atoms with van der Waals surface area (Å²) in [5.41, 5.74) is 1.29. The van der Waals surface area contributed by atoms with E-state index < -0.39 is 17.3 Å². The lowest BCUT2D eigenvalue weighted by atomic mass is 10.1. The van der Waals surface area contributed by atoms with Gasteiger partial charge in [-0.2, -0.15) is 0 Å². The third kappa shape index (κ3) is 6.17. The Morgan fingerprint density at radius 1 is 1.12 bits per heavy atom. The number of carbonyl (C=O) groups excluding carboxylic acids is 1. The quantitative estimate of drug-likeness (QED) is 0.375. The van der Waals surface area contributed by atoms with E-state index in [1.165, 1.54) is 60.5 Å². The van der Waals surface area contributed by atoms with Crippen molar-refractivity contribution in [1.29, 1.82) is 0 Å². The van der Waals surface area contributed by atoms with Crippen LogP contribution < -0.4 is 20.3 Å². The maximum absolute atomic E-state index is 15.0. The highest BCUT2D eigenvalue weighted by atomic mass is 19.1. The number of amides is 1. The molecule has 0 radical (unpaired) electrons. The molecule has 3 aromatic rings. The van der Waals surface area contributed by atoms with E-state index in [9.17, 15) is 19.1 Å². The van der Waals surface area contributed by atoms with Crippen LogP contribution in [0.1, 0.15) is 28.8 Å². The van der Waals surface area contributed by atoms with Crippen LogP contribution in [-0.4, -0.2) is 28.9 Å². The van der Waals surface area contributed by atoms with Crippen LogP contribution in [0.15, 0.2) is 100 Å². The molecule has 0 saturated carbocycles. The number of fused-ring (bicyclic) bond motifs is 1. The first-order valence-corrected chi connectivity index (χ1v) is 12.7. The van der Waals surface area contributed by atoms with E-state index in [1.54, 1.807) is 30.4 Å². The molecule has 2 N–H and O–H groups in total. The molecule has 8 nitrogen and oxygen atoms in total. The summed E-state index contributed by atoms with van der Waals surface area (Å²) in [4.78, 5) is 30.3. The number of methoxy groups -OCH3 is 1. The molecule has 2 aromatic carbocycles. The first-order chi connectivity index (χ1) is 19.8. The summed E-state index contributed by atoms with van der Waals surface area (Å²) < 4.78 is 40.8. The molecule has 1 aliphatic carbocycles. The molecule has 5 rings (SSSR count). The molecule has 1 aliphatic heterocycles. The number of rotatable bonds is 6. The monoisotopic (exact) mass is 557 g/mol. The number of phenols is 1. The Kier molecular flexibility index (Phi) is 7.91. The van der Waals surface area contributed by atoms with Crippen molar-refractivity contribution in [3.05, 3.63) is 118 Å². The molecule has 1 amide bonds. The molecule has 0 fully saturated rings. The molecule has 0 bridgehead atoms. The van der Waals surface area contributed by atoms with Crippen LogP contribution in [0.2, 0.25) is 0 Å². The van der Waals surface area contributed by atoms with Gasteiger partial charge in [0.1, 0.15) is 17.1 Å². The zero-order valence-corrected chi connectivity index (χ0v) is 21.9. The molecule has 0 atom stereocenters. The number of aromatic nitrogens is 1. The van der Waals surface area contributed by atoms with E-state index in [0.717, 1.165) is 6.07 Å². The first kappa shape index (κ1) is 27.3. The van der Waals surface area contributed by atoms with Gasteiger partial charge in [-0.05, 0) is 60.5 Å². The third-order valence-electron chi connectivity index (χ3n) is 6.42. The fraction of sp³-hybridized carbons (Fsp3) is 0.129. The number of anilines is 1. The van der Waals surface area contributed by atoms with Gasteiger partial charge in [0, 0.05) is 48.8 Å². The zero-order valence-electron chi connectivity index (χ0n) is 21.9. The average Bonchev–Trinajstić information content (AvgIpc) is 3.13. The molecule has 41 heavy (non-hydrogen) atoms. The minimum atomic E-state index is -0.731. The Balaban J connectivity index is 1.30. The molecule has 0 saturated heterocycles. The first-order valence-electron chi connectivity index (χ1n) is 12.7. The number of nitrogens with one attached hydrogen (secondary N) is 1. The highest BCUT2D eigenvalue weighted by Gasteiger charge is 2.18. The number of nitrogens with zero attached hydrogens (tertiary/aromatic N) is 2. The Labute approximate surface area is 233 Å². The highest BCUT2D eigenvalue weighted by Crippen LogP contribution is 2.36. The summed E-state index contributed by atoms with van der Waals surface area (Å²) in [6.07, 6.45) is 11.5. The van der Waals surface area contributed by atoms with Gasteiger partial charge >= 0.3 is 0 Å². The topological polar surface area (TPSA) is 102 Å². The van der Waals surface area contributed by atoms with E-state index >= 15 is 4.39 Å². The van der Waals surface area contributed by atoms with E-state index in [4.69, 9.17) is 9.47 Å². The number of hydrogen-bond donors (Lipinski definition) is 2. The second kappa shape index (κ2) is 11.9. The Hall–Kier alpha value is -5.25. The number of pyridine rings is 1. The van der Waals surface area contributed by atoms with Crippen LogP contribution in [0.5, 0.6) is 17.2 Å². The van der Waals surface area contributed by atoms with Crippen LogP contribution in [0, 0.1) is 5.82 Å². The van der Waals surface area contributed by atoms with Crippen molar-refractivity contribution in [3.8, 4) is 17.2 Å². The number of benzene rings is 2. The molecule has 2 aliphatic rings. The van der Waals surface area contributed by atoms with Crippen LogP contribution in [0.25, 0.3) is 5.70 Å². The SMILES string of the molecule is COc1cc2c(cc1O)N=CC=C(Oc1ccc(NC(=O)c3cccn(/C4=C/CC=C(F)/C=C\C4)c3=O)cc1F)C2. The molecule has 1 aromatic heterocycles. The molecule has 10 heteroatoms. The van der Waals surface area contributed by atoms with Crippen molar-refractivity contribution in [1.82, 2.24) is 4.57 Å². The van der Waals surface area contributed by atoms with E-state index in [-0.39, 0.29) is 40.7 Å². The summed E-state index contributed by atoms with van der Waals surface area (Å²) in [5.74, 6) is -1.23. The second-order valence-corrected chi connectivity index (χ2v) is 9.17. The maximum Gasteiger partial charge on any atom is 0.267 e. The summed E-state index contributed by atoms with van der Waals surface area (Å²) in [6.45, 7) is 0. The van der Waals surface area contributed by atoms with Crippen LogP contribution >= 0.6 is 0 Å². The number of halogens is 2. The number of aliphatic imine (C=N–C) groups is 1. The number of aromatic hydroxyl groups is 1. The Bertz CT molecular complexity index is 1730. The predicted molar refractivity (Wildman–Crippen MR) is 152 cm³/mol. The van der Waals surface area contributed by atoms with E-state index in [1.807, 2.05) is 0 Å². The molecule has 0 unspecified atom stereocenters. The van der Waals surface area contributed by atoms with Gasteiger partial charge in [0.15, 0.2) is 23.1 Å². The number of hydrogen-bond acceptors (Lipinski definition) is 6. The van der Waals surface area contributed by atoms with Gasteiger partial charge in [0.05, 0.1) is 12.8 Å². The lowest BCUT2D eigenvalue weighted by Crippen LogP contribution is -2.28. The number of allylic oxidation sites excluding steroid dienone is 8. The van der Waals surface area contributed by atoms with Gasteiger partial charge in [-0.15, -0.1) is 0 Å². The normalized spacial score (nSPS) is 16.5. The lowest BCUT2D eigenvalue weighted by molar-refractivity contribution is 0.102. The zero-order chi connectivity index (χ0) is 28.9. The predicted octanol–water partition coefficient (Wildman–Crippen LogP) is 6.22. The molecule has 208 valence electrons. The average molecular weight is 558 g/mol. The largest absolute Gasteiger partial charge is 0.504 e. The summed E-state index contributed by atoms with van der Waals surface area (Å²) in [7, 11) is 1.44. The van der Waals surface area contributed by atoms with Crippen molar-refractivity contribution in [3.63, 3.8) is 0 Å². The molecule has 0 spiro atoms. The van der Waals surface area contributed by atoms with Gasteiger partial charge < -0.3 is 19.9 Å². The van der Waals surface area contributed by atoms with Crippen molar-refractivity contribution in [2.24, 2.45) is 4.99 Å². The number of carbonyl (C=O) groups is 1. The van der Waals surface area contributed by atoms with Crippen molar-refractivity contribution >= 4 is 29.2 Å². The summed E-state index contributed by atoms with van der Waals surface area (Å²) in [6, 6.07) is 9.98. The minimum Gasteiger partial charge on any atom is -0.504 e. The van der Waals surface area contributed by atoms with Crippen LogP contribution in [0.4, 0.5) is 20.2 Å². The fourth-order valence-corrected chi connectivity index (χ4v) is 4.38.